The largest absolute Gasteiger partial charge is 0.293 e. The Morgan fingerprint density at radius 1 is 1.21 bits per heavy atom. The summed E-state index contributed by atoms with van der Waals surface area (Å²) in [6.07, 6.45) is 6.41. The molecule has 0 radical (unpaired) electrons. The predicted molar refractivity (Wildman–Crippen MR) is 81.8 cm³/mol. The van der Waals surface area contributed by atoms with E-state index in [2.05, 4.69) is 26.0 Å². The molecule has 2 nitrogen and oxygen atoms in total. The number of allylic oxidation sites excluding steroid dienone is 1. The molecule has 1 atom stereocenters. The van der Waals surface area contributed by atoms with Gasteiger partial charge in [0.25, 0.3) is 0 Å². The van der Waals surface area contributed by atoms with Crippen LogP contribution in [0.4, 0.5) is 0 Å². The number of thioether (sulfide) groups is 1. The third-order valence-electron chi connectivity index (χ3n) is 3.92. The lowest BCUT2D eigenvalue weighted by molar-refractivity contribution is -0.117. The Balaban J connectivity index is 2.27. The number of carbonyl (C=O) groups is 1. The molecule has 2 aliphatic rings. The van der Waals surface area contributed by atoms with Gasteiger partial charge in [0.1, 0.15) is 5.41 Å². The molecular weight excluding hydrogens is 254 g/mol. The molecule has 1 aliphatic carbocycles. The van der Waals surface area contributed by atoms with Gasteiger partial charge in [0, 0.05) is 0 Å². The summed E-state index contributed by atoms with van der Waals surface area (Å²) in [6.45, 7) is 4.21. The van der Waals surface area contributed by atoms with Gasteiger partial charge in [0.05, 0.1) is 10.6 Å². The van der Waals surface area contributed by atoms with E-state index >= 15 is 0 Å². The molecule has 98 valence electrons. The number of aliphatic imine (C=N–C) groups is 1. The molecule has 1 unspecified atom stereocenters. The Hall–Kier alpha value is -1.35. The predicted octanol–water partition coefficient (Wildman–Crippen LogP) is 3.46. The second kappa shape index (κ2) is 4.07. The quantitative estimate of drug-likeness (QED) is 0.723. The standard InChI is InChI=1S/C16H17NOS/c1-15(2)10-16(14(17-15)19-3)12-7-5-4-6-11(12)8-9-13(16)18/h4-9H,10H2,1-3H3. The molecule has 1 spiro atoms. The first-order valence-corrected chi connectivity index (χ1v) is 7.68. The number of hydrogen-bond donors (Lipinski definition) is 0. The molecular formula is C16H17NOS. The number of ketones is 1. The fourth-order valence-electron chi connectivity index (χ4n) is 3.23. The van der Waals surface area contributed by atoms with Gasteiger partial charge < -0.3 is 0 Å². The summed E-state index contributed by atoms with van der Waals surface area (Å²) in [4.78, 5) is 17.4. The summed E-state index contributed by atoms with van der Waals surface area (Å²) in [5.74, 6) is 0.171. The Morgan fingerprint density at radius 2 is 1.95 bits per heavy atom. The zero-order valence-electron chi connectivity index (χ0n) is 11.4. The van der Waals surface area contributed by atoms with Gasteiger partial charge >= 0.3 is 0 Å². The van der Waals surface area contributed by atoms with Crippen LogP contribution in [0.2, 0.25) is 0 Å². The van der Waals surface area contributed by atoms with Crippen molar-refractivity contribution in [1.82, 2.24) is 0 Å². The van der Waals surface area contributed by atoms with Crippen LogP contribution >= 0.6 is 11.8 Å². The average molecular weight is 271 g/mol. The van der Waals surface area contributed by atoms with E-state index in [0.29, 0.717) is 0 Å². The molecule has 0 amide bonds. The van der Waals surface area contributed by atoms with Crippen molar-refractivity contribution in [2.45, 2.75) is 31.2 Å². The molecule has 1 aliphatic heterocycles. The van der Waals surface area contributed by atoms with Gasteiger partial charge in [0.2, 0.25) is 0 Å². The summed E-state index contributed by atoms with van der Waals surface area (Å²) < 4.78 is 0. The van der Waals surface area contributed by atoms with Gasteiger partial charge in [-0.15, -0.1) is 11.8 Å². The van der Waals surface area contributed by atoms with Crippen molar-refractivity contribution in [3.05, 3.63) is 41.5 Å². The van der Waals surface area contributed by atoms with Crippen LogP contribution in [0.15, 0.2) is 35.3 Å². The highest BCUT2D eigenvalue weighted by Gasteiger charge is 2.53. The van der Waals surface area contributed by atoms with E-state index in [9.17, 15) is 4.79 Å². The maximum atomic E-state index is 12.7. The minimum absolute atomic E-state index is 0.171. The summed E-state index contributed by atoms with van der Waals surface area (Å²) in [5, 5.41) is 0.958. The van der Waals surface area contributed by atoms with Crippen molar-refractivity contribution in [1.29, 1.82) is 0 Å². The lowest BCUT2D eigenvalue weighted by Gasteiger charge is -2.33. The highest BCUT2D eigenvalue weighted by molar-refractivity contribution is 8.13. The number of fused-ring (bicyclic) bond motifs is 2. The molecule has 0 N–H and O–H groups in total. The van der Waals surface area contributed by atoms with E-state index in [0.717, 1.165) is 22.6 Å². The van der Waals surface area contributed by atoms with Gasteiger partial charge in [-0.1, -0.05) is 30.3 Å². The molecule has 0 fully saturated rings. The highest BCUT2D eigenvalue weighted by atomic mass is 32.2. The second-order valence-corrected chi connectivity index (χ2v) is 6.60. The van der Waals surface area contributed by atoms with Gasteiger partial charge in [0.15, 0.2) is 5.78 Å². The van der Waals surface area contributed by atoms with Gasteiger partial charge in [-0.3, -0.25) is 9.79 Å². The van der Waals surface area contributed by atoms with Crippen LogP contribution in [0.1, 0.15) is 31.4 Å². The molecule has 1 aromatic carbocycles. The Kier molecular flexibility index (Phi) is 2.72. The minimum atomic E-state index is -0.547. The van der Waals surface area contributed by atoms with Gasteiger partial charge in [-0.2, -0.15) is 0 Å². The van der Waals surface area contributed by atoms with Crippen LogP contribution in [0.25, 0.3) is 6.08 Å². The maximum Gasteiger partial charge on any atom is 0.172 e. The fourth-order valence-corrected chi connectivity index (χ4v) is 4.20. The number of benzene rings is 1. The SMILES string of the molecule is CSC1=NC(C)(C)CC12C(=O)C=Cc1ccccc12. The van der Waals surface area contributed by atoms with Crippen molar-refractivity contribution < 1.29 is 4.79 Å². The zero-order chi connectivity index (χ0) is 13.7. The molecule has 1 aromatic rings. The number of carbonyl (C=O) groups excluding carboxylic acids is 1. The van der Waals surface area contributed by atoms with Gasteiger partial charge in [-0.25, -0.2) is 0 Å². The van der Waals surface area contributed by atoms with E-state index in [1.807, 2.05) is 24.5 Å². The van der Waals surface area contributed by atoms with Crippen LogP contribution in [-0.2, 0) is 10.2 Å². The third-order valence-corrected chi connectivity index (χ3v) is 4.74. The van der Waals surface area contributed by atoms with Crippen molar-refractivity contribution in [3.63, 3.8) is 0 Å². The monoisotopic (exact) mass is 271 g/mol. The topological polar surface area (TPSA) is 29.4 Å². The van der Waals surface area contributed by atoms with E-state index in [1.54, 1.807) is 17.8 Å². The Bertz CT molecular complexity index is 615. The van der Waals surface area contributed by atoms with E-state index in [1.165, 1.54) is 0 Å². The average Bonchev–Trinajstić information content (AvgIpc) is 2.67. The van der Waals surface area contributed by atoms with Gasteiger partial charge in [-0.05, 0) is 43.7 Å². The maximum absolute atomic E-state index is 12.7. The summed E-state index contributed by atoms with van der Waals surface area (Å²) in [6, 6.07) is 8.17. The smallest absolute Gasteiger partial charge is 0.172 e. The molecule has 0 saturated heterocycles. The van der Waals surface area contributed by atoms with Crippen LogP contribution in [-0.4, -0.2) is 22.6 Å². The van der Waals surface area contributed by atoms with Crippen LogP contribution in [0, 0.1) is 0 Å². The van der Waals surface area contributed by atoms with Crippen LogP contribution in [0.5, 0.6) is 0 Å². The number of hydrogen-bond acceptors (Lipinski definition) is 3. The molecule has 3 rings (SSSR count). The first-order chi connectivity index (χ1) is 8.99. The first-order valence-electron chi connectivity index (χ1n) is 6.46. The van der Waals surface area contributed by atoms with E-state index in [-0.39, 0.29) is 11.3 Å². The summed E-state index contributed by atoms with van der Waals surface area (Å²) >= 11 is 1.60. The number of nitrogens with zero attached hydrogens (tertiary/aromatic N) is 1. The number of rotatable bonds is 0. The molecule has 19 heavy (non-hydrogen) atoms. The molecule has 0 aromatic heterocycles. The summed E-state index contributed by atoms with van der Waals surface area (Å²) in [5.41, 5.74) is 1.53. The molecule has 1 heterocycles. The normalized spacial score (nSPS) is 27.5. The zero-order valence-corrected chi connectivity index (χ0v) is 12.3. The van der Waals surface area contributed by atoms with E-state index in [4.69, 9.17) is 4.99 Å². The highest BCUT2D eigenvalue weighted by Crippen LogP contribution is 2.48. The molecule has 3 heteroatoms. The third kappa shape index (κ3) is 1.71. The lowest BCUT2D eigenvalue weighted by Crippen LogP contribution is -2.42. The lowest BCUT2D eigenvalue weighted by atomic mass is 9.68. The van der Waals surface area contributed by atoms with Crippen molar-refractivity contribution in [3.8, 4) is 0 Å². The molecule has 0 bridgehead atoms. The molecule has 0 saturated carbocycles. The van der Waals surface area contributed by atoms with E-state index < -0.39 is 5.41 Å². The fraction of sp³-hybridized carbons (Fsp3) is 0.375. The second-order valence-electron chi connectivity index (χ2n) is 5.80. The van der Waals surface area contributed by atoms with Crippen molar-refractivity contribution in [2.75, 3.05) is 6.26 Å². The minimum Gasteiger partial charge on any atom is -0.293 e. The van der Waals surface area contributed by atoms with Crippen LogP contribution in [0.3, 0.4) is 0 Å². The van der Waals surface area contributed by atoms with Crippen LogP contribution < -0.4 is 0 Å². The first kappa shape index (κ1) is 12.7. The summed E-state index contributed by atoms with van der Waals surface area (Å²) in [7, 11) is 0. The van der Waals surface area contributed by atoms with Crippen molar-refractivity contribution >= 4 is 28.7 Å². The Labute approximate surface area is 118 Å². The van der Waals surface area contributed by atoms with Crippen molar-refractivity contribution in [2.24, 2.45) is 4.99 Å². The Morgan fingerprint density at radius 3 is 2.68 bits per heavy atom.